The Morgan fingerprint density at radius 2 is 2.00 bits per heavy atom. The number of amides is 2. The Hall–Kier alpha value is -0.990. The minimum absolute atomic E-state index is 0.334. The summed E-state index contributed by atoms with van der Waals surface area (Å²) in [6.07, 6.45) is 10.1. The van der Waals surface area contributed by atoms with Gasteiger partial charge in [0.25, 0.3) is 0 Å². The highest BCUT2D eigenvalue weighted by Gasteiger charge is 2.14. The number of rotatable bonds is 8. The molecule has 0 aromatic rings. The van der Waals surface area contributed by atoms with Gasteiger partial charge in [0.1, 0.15) is 0 Å². The number of hydrogen-bond donors (Lipinski definition) is 0. The Balaban J connectivity index is 2.35. The number of unbranched alkanes of at least 4 members (excludes halogenated alkanes) is 2. The fraction of sp³-hybridized carbons (Fsp3) is 0.769. The number of hydrogen-bond acceptors (Lipinski definition) is 1. The number of carbonyl (C=O) groups is 1. The molecule has 0 aromatic heterocycles. The first-order valence-electron chi connectivity index (χ1n) is 6.41. The zero-order valence-electron chi connectivity index (χ0n) is 10.4. The van der Waals surface area contributed by atoms with Crippen molar-refractivity contribution in [1.82, 2.24) is 0 Å². The second-order valence-corrected chi connectivity index (χ2v) is 4.50. The molecule has 0 bridgehead atoms. The van der Waals surface area contributed by atoms with E-state index in [-0.39, 0.29) is 6.03 Å². The molecule has 1 unspecified atom stereocenters. The molecular weight excluding hydrogens is 200 g/mol. The predicted octanol–water partition coefficient (Wildman–Crippen LogP) is 4.02. The minimum Gasteiger partial charge on any atom is -0.244 e. The lowest BCUT2D eigenvalue weighted by molar-refractivity contribution is 0.257. The fourth-order valence-corrected chi connectivity index (χ4v) is 2.14. The molecule has 0 aromatic carbocycles. The molecule has 3 heteroatoms. The van der Waals surface area contributed by atoms with Crippen LogP contribution in [0.2, 0.25) is 0 Å². The van der Waals surface area contributed by atoms with Crippen LogP contribution in [-0.2, 0) is 0 Å². The average Bonchev–Trinajstić information content (AvgIpc) is 2.65. The van der Waals surface area contributed by atoms with Gasteiger partial charge in [-0.1, -0.05) is 52.4 Å². The normalized spacial score (nSPS) is 16.6. The molecule has 0 spiro atoms. The maximum atomic E-state index is 10.9. The molecule has 1 aliphatic rings. The van der Waals surface area contributed by atoms with E-state index in [0.717, 1.165) is 12.1 Å². The highest BCUT2D eigenvalue weighted by molar-refractivity contribution is 6.37. The van der Waals surface area contributed by atoms with E-state index in [0.29, 0.717) is 5.92 Å². The number of nitrogens with zero attached hydrogens (tertiary/aromatic N) is 2. The van der Waals surface area contributed by atoms with E-state index in [1.54, 1.807) is 6.21 Å². The van der Waals surface area contributed by atoms with Gasteiger partial charge in [0, 0.05) is 0 Å². The molecule has 1 rings (SSSR count). The third-order valence-corrected chi connectivity index (χ3v) is 2.97. The summed E-state index contributed by atoms with van der Waals surface area (Å²) in [5.41, 5.74) is 0.875. The molecule has 2 amide bonds. The van der Waals surface area contributed by atoms with Crippen molar-refractivity contribution in [3.05, 3.63) is 0 Å². The smallest absolute Gasteiger partial charge is 0.244 e. The van der Waals surface area contributed by atoms with Gasteiger partial charge in [-0.15, -0.1) is 0 Å². The lowest BCUT2D eigenvalue weighted by Crippen LogP contribution is -2.08. The van der Waals surface area contributed by atoms with Gasteiger partial charge < -0.3 is 0 Å². The molecule has 1 heterocycles. The van der Waals surface area contributed by atoms with Gasteiger partial charge in [-0.05, 0) is 12.3 Å². The Morgan fingerprint density at radius 3 is 2.56 bits per heavy atom. The summed E-state index contributed by atoms with van der Waals surface area (Å²) in [5, 5.41) is 0. The first-order valence-corrected chi connectivity index (χ1v) is 6.41. The van der Waals surface area contributed by atoms with Crippen LogP contribution in [-0.4, -0.2) is 18.0 Å². The third kappa shape index (κ3) is 4.69. The zero-order chi connectivity index (χ0) is 11.8. The molecule has 1 aliphatic heterocycles. The number of aliphatic imine (C=N–C) groups is 2. The van der Waals surface area contributed by atoms with Gasteiger partial charge >= 0.3 is 6.03 Å². The summed E-state index contributed by atoms with van der Waals surface area (Å²) in [7, 11) is 0. The van der Waals surface area contributed by atoms with Crippen molar-refractivity contribution in [2.45, 2.75) is 58.8 Å². The Bertz CT molecular complexity index is 282. The van der Waals surface area contributed by atoms with E-state index in [4.69, 9.17) is 0 Å². The number of urea groups is 1. The largest absolute Gasteiger partial charge is 0.367 e. The maximum Gasteiger partial charge on any atom is 0.367 e. The van der Waals surface area contributed by atoms with Crippen molar-refractivity contribution in [2.75, 3.05) is 0 Å². The lowest BCUT2D eigenvalue weighted by Gasteiger charge is -2.14. The topological polar surface area (TPSA) is 41.8 Å². The molecule has 0 fully saturated rings. The van der Waals surface area contributed by atoms with Gasteiger partial charge in [0.2, 0.25) is 0 Å². The summed E-state index contributed by atoms with van der Waals surface area (Å²) in [4.78, 5) is 18.4. The highest BCUT2D eigenvalue weighted by Crippen LogP contribution is 2.20. The standard InChI is InChI=1S/C13H22N2O/c1-3-5-6-8-11(7-4-2)9-12-10-14-13(16)15-12/h10-11H,3-9H2,1-2H3. The fourth-order valence-electron chi connectivity index (χ4n) is 2.14. The molecule has 0 saturated heterocycles. The van der Waals surface area contributed by atoms with Crippen LogP contribution in [0.5, 0.6) is 0 Å². The van der Waals surface area contributed by atoms with E-state index in [1.807, 2.05) is 0 Å². The van der Waals surface area contributed by atoms with E-state index < -0.39 is 0 Å². The van der Waals surface area contributed by atoms with Crippen LogP contribution in [0.1, 0.15) is 58.8 Å². The Labute approximate surface area is 98.1 Å². The molecule has 3 nitrogen and oxygen atoms in total. The second-order valence-electron chi connectivity index (χ2n) is 4.50. The van der Waals surface area contributed by atoms with Crippen molar-refractivity contribution in [3.63, 3.8) is 0 Å². The van der Waals surface area contributed by atoms with E-state index in [9.17, 15) is 4.79 Å². The summed E-state index contributed by atoms with van der Waals surface area (Å²) in [6, 6.07) is -0.334. The third-order valence-electron chi connectivity index (χ3n) is 2.97. The van der Waals surface area contributed by atoms with Gasteiger partial charge in [-0.3, -0.25) is 0 Å². The predicted molar refractivity (Wildman–Crippen MR) is 68.5 cm³/mol. The molecular formula is C13H22N2O. The number of carbonyl (C=O) groups excluding carboxylic acids is 1. The van der Waals surface area contributed by atoms with Crippen LogP contribution < -0.4 is 0 Å². The van der Waals surface area contributed by atoms with Crippen LogP contribution >= 0.6 is 0 Å². The monoisotopic (exact) mass is 222 g/mol. The van der Waals surface area contributed by atoms with Crippen molar-refractivity contribution < 1.29 is 4.79 Å². The molecule has 0 aliphatic carbocycles. The van der Waals surface area contributed by atoms with Crippen LogP contribution in [0.3, 0.4) is 0 Å². The van der Waals surface area contributed by atoms with Gasteiger partial charge in [0.05, 0.1) is 11.9 Å². The first kappa shape index (κ1) is 13.1. The SMILES string of the molecule is CCCCCC(CCC)CC1=NC(=O)N=C1. The Kier molecular flexibility index (Phi) is 5.98. The molecule has 0 radical (unpaired) electrons. The van der Waals surface area contributed by atoms with Crippen molar-refractivity contribution in [1.29, 1.82) is 0 Å². The van der Waals surface area contributed by atoms with Crippen LogP contribution in [0.25, 0.3) is 0 Å². The summed E-state index contributed by atoms with van der Waals surface area (Å²) < 4.78 is 0. The summed E-state index contributed by atoms with van der Waals surface area (Å²) in [6.45, 7) is 4.43. The van der Waals surface area contributed by atoms with Gasteiger partial charge in [-0.2, -0.15) is 9.98 Å². The molecule has 16 heavy (non-hydrogen) atoms. The van der Waals surface area contributed by atoms with E-state index >= 15 is 0 Å². The van der Waals surface area contributed by atoms with Crippen molar-refractivity contribution in [2.24, 2.45) is 15.9 Å². The molecule has 0 N–H and O–H groups in total. The minimum atomic E-state index is -0.334. The van der Waals surface area contributed by atoms with Crippen molar-refractivity contribution >= 4 is 18.0 Å². The van der Waals surface area contributed by atoms with Crippen LogP contribution in [0, 0.1) is 5.92 Å². The molecule has 90 valence electrons. The summed E-state index contributed by atoms with van der Waals surface area (Å²) >= 11 is 0. The molecule has 1 atom stereocenters. The van der Waals surface area contributed by atoms with Crippen molar-refractivity contribution in [3.8, 4) is 0 Å². The van der Waals surface area contributed by atoms with Crippen LogP contribution in [0.15, 0.2) is 9.98 Å². The maximum absolute atomic E-state index is 10.9. The van der Waals surface area contributed by atoms with Crippen LogP contribution in [0.4, 0.5) is 4.79 Å². The van der Waals surface area contributed by atoms with Gasteiger partial charge in [-0.25, -0.2) is 4.79 Å². The van der Waals surface area contributed by atoms with Gasteiger partial charge in [0.15, 0.2) is 0 Å². The van der Waals surface area contributed by atoms with E-state index in [1.165, 1.54) is 38.5 Å². The highest BCUT2D eigenvalue weighted by atomic mass is 16.2. The molecule has 0 saturated carbocycles. The lowest BCUT2D eigenvalue weighted by atomic mass is 9.91. The summed E-state index contributed by atoms with van der Waals surface area (Å²) in [5.74, 6) is 0.674. The average molecular weight is 222 g/mol. The second kappa shape index (κ2) is 7.31. The quantitative estimate of drug-likeness (QED) is 0.572. The zero-order valence-corrected chi connectivity index (χ0v) is 10.4. The van der Waals surface area contributed by atoms with E-state index in [2.05, 4.69) is 23.8 Å². The first-order chi connectivity index (χ1) is 7.76. The Morgan fingerprint density at radius 1 is 1.19 bits per heavy atom.